The molecule has 0 spiro atoms. The van der Waals surface area contributed by atoms with Crippen molar-refractivity contribution in [2.75, 3.05) is 0 Å². The van der Waals surface area contributed by atoms with Crippen LogP contribution in [-0.4, -0.2) is 22.6 Å². The van der Waals surface area contributed by atoms with E-state index in [2.05, 4.69) is 5.92 Å². The molecule has 0 amide bonds. The molecular formula is C14H14NaO4+. The number of carbonyl (C=O) groups is 2. The molecule has 0 radical (unpaired) electrons. The van der Waals surface area contributed by atoms with Crippen molar-refractivity contribution in [1.29, 1.82) is 0 Å². The first-order chi connectivity index (χ1) is 8.43. The number of rotatable bonds is 4. The molecule has 0 aliphatic heterocycles. The second kappa shape index (κ2) is 7.34. The van der Waals surface area contributed by atoms with Gasteiger partial charge in [-0.15, -0.1) is 6.42 Å². The van der Waals surface area contributed by atoms with Gasteiger partial charge in [-0.05, 0) is 25.5 Å². The Morgan fingerprint density at radius 1 is 1.37 bits per heavy atom. The van der Waals surface area contributed by atoms with E-state index >= 15 is 0 Å². The maximum absolute atomic E-state index is 11.9. The molecule has 0 fully saturated rings. The number of hydrogen-bond acceptors (Lipinski definition) is 3. The van der Waals surface area contributed by atoms with Crippen LogP contribution in [0.5, 0.6) is 0 Å². The quantitative estimate of drug-likeness (QED) is 0.448. The Labute approximate surface area is 134 Å². The third-order valence-electron chi connectivity index (χ3n) is 2.68. The SMILES string of the molecule is C#CC(C)(CC)OC(=O)c1ccccc1C(=O)O.[Na+]. The van der Waals surface area contributed by atoms with Gasteiger partial charge in [-0.2, -0.15) is 0 Å². The normalized spacial score (nSPS) is 12.5. The van der Waals surface area contributed by atoms with Crippen LogP contribution in [0.4, 0.5) is 0 Å². The second-order valence-electron chi connectivity index (χ2n) is 3.97. The van der Waals surface area contributed by atoms with E-state index < -0.39 is 17.5 Å². The minimum atomic E-state index is -1.18. The number of carboxylic acid groups (broad SMARTS) is 1. The number of esters is 1. The molecule has 0 aliphatic rings. The Balaban J connectivity index is 0.00000324. The van der Waals surface area contributed by atoms with Crippen LogP contribution in [0.25, 0.3) is 0 Å². The molecule has 0 saturated carbocycles. The van der Waals surface area contributed by atoms with Crippen molar-refractivity contribution in [2.45, 2.75) is 25.9 Å². The third-order valence-corrected chi connectivity index (χ3v) is 2.68. The summed E-state index contributed by atoms with van der Waals surface area (Å²) >= 11 is 0. The van der Waals surface area contributed by atoms with Crippen molar-refractivity contribution < 1.29 is 49.0 Å². The molecule has 0 aromatic heterocycles. The maximum atomic E-state index is 11.9. The summed E-state index contributed by atoms with van der Waals surface area (Å²) in [5.74, 6) is 0.481. The number of benzene rings is 1. The zero-order chi connectivity index (χ0) is 13.8. The summed E-state index contributed by atoms with van der Waals surface area (Å²) in [5, 5.41) is 8.98. The zero-order valence-electron chi connectivity index (χ0n) is 11.3. The van der Waals surface area contributed by atoms with Crippen LogP contribution in [0.3, 0.4) is 0 Å². The van der Waals surface area contributed by atoms with Gasteiger partial charge in [-0.3, -0.25) is 0 Å². The molecule has 94 valence electrons. The van der Waals surface area contributed by atoms with Crippen molar-refractivity contribution >= 4 is 11.9 Å². The fraction of sp³-hybridized carbons (Fsp3) is 0.286. The molecule has 0 heterocycles. The second-order valence-corrected chi connectivity index (χ2v) is 3.97. The van der Waals surface area contributed by atoms with Gasteiger partial charge in [-0.25, -0.2) is 9.59 Å². The van der Waals surface area contributed by atoms with Gasteiger partial charge in [0.1, 0.15) is 0 Å². The molecule has 0 aliphatic carbocycles. The Hall–Kier alpha value is -1.28. The number of carbonyl (C=O) groups excluding carboxylic acids is 1. The molecule has 1 aromatic rings. The van der Waals surface area contributed by atoms with Crippen LogP contribution in [-0.2, 0) is 4.74 Å². The van der Waals surface area contributed by atoms with E-state index in [9.17, 15) is 9.59 Å². The molecule has 1 aromatic carbocycles. The Morgan fingerprint density at radius 2 is 1.89 bits per heavy atom. The molecule has 0 saturated heterocycles. The summed E-state index contributed by atoms with van der Waals surface area (Å²) in [6.45, 7) is 3.39. The van der Waals surface area contributed by atoms with Crippen LogP contribution in [0.1, 0.15) is 41.0 Å². The van der Waals surface area contributed by atoms with E-state index in [1.807, 2.05) is 0 Å². The summed E-state index contributed by atoms with van der Waals surface area (Å²) in [6.07, 6.45) is 5.75. The minimum absolute atomic E-state index is 0. The molecule has 0 bridgehead atoms. The Bertz CT molecular complexity index is 518. The topological polar surface area (TPSA) is 63.6 Å². The molecule has 5 heteroatoms. The fourth-order valence-corrected chi connectivity index (χ4v) is 1.31. The summed E-state index contributed by atoms with van der Waals surface area (Å²) in [6, 6.07) is 5.86. The number of hydrogen-bond donors (Lipinski definition) is 1. The summed E-state index contributed by atoms with van der Waals surface area (Å²) in [7, 11) is 0. The minimum Gasteiger partial charge on any atom is -0.478 e. The summed E-state index contributed by atoms with van der Waals surface area (Å²) in [4.78, 5) is 22.9. The molecule has 19 heavy (non-hydrogen) atoms. The predicted molar refractivity (Wildman–Crippen MR) is 66.3 cm³/mol. The number of terminal acetylenes is 1. The van der Waals surface area contributed by atoms with Gasteiger partial charge in [-0.1, -0.05) is 25.0 Å². The first-order valence-electron chi connectivity index (χ1n) is 5.47. The van der Waals surface area contributed by atoms with Crippen molar-refractivity contribution in [3.05, 3.63) is 35.4 Å². The van der Waals surface area contributed by atoms with Crippen LogP contribution < -0.4 is 29.6 Å². The van der Waals surface area contributed by atoms with Crippen LogP contribution in [0.2, 0.25) is 0 Å². The van der Waals surface area contributed by atoms with E-state index in [1.54, 1.807) is 26.0 Å². The van der Waals surface area contributed by atoms with Gasteiger partial charge < -0.3 is 9.84 Å². The van der Waals surface area contributed by atoms with E-state index in [0.717, 1.165) is 0 Å². The third kappa shape index (κ3) is 4.39. The number of aromatic carboxylic acids is 1. The largest absolute Gasteiger partial charge is 1.00 e. The van der Waals surface area contributed by atoms with Gasteiger partial charge in [0.2, 0.25) is 0 Å². The molecule has 1 atom stereocenters. The van der Waals surface area contributed by atoms with Gasteiger partial charge in [0.05, 0.1) is 11.1 Å². The molecule has 1 N–H and O–H groups in total. The van der Waals surface area contributed by atoms with Gasteiger partial charge in [0, 0.05) is 0 Å². The van der Waals surface area contributed by atoms with Crippen molar-refractivity contribution in [1.82, 2.24) is 0 Å². The average Bonchev–Trinajstić information content (AvgIpc) is 2.38. The van der Waals surface area contributed by atoms with Crippen molar-refractivity contribution in [2.24, 2.45) is 0 Å². The van der Waals surface area contributed by atoms with Crippen LogP contribution in [0, 0.1) is 12.3 Å². The van der Waals surface area contributed by atoms with Crippen LogP contribution in [0.15, 0.2) is 24.3 Å². The first-order valence-corrected chi connectivity index (χ1v) is 5.47. The Kier molecular flexibility index (Phi) is 6.85. The molecule has 1 unspecified atom stereocenters. The molecule has 1 rings (SSSR count). The maximum Gasteiger partial charge on any atom is 1.00 e. The van der Waals surface area contributed by atoms with Crippen molar-refractivity contribution in [3.63, 3.8) is 0 Å². The zero-order valence-corrected chi connectivity index (χ0v) is 13.3. The molecular weight excluding hydrogens is 255 g/mol. The van der Waals surface area contributed by atoms with Crippen LogP contribution >= 0.6 is 0 Å². The predicted octanol–water partition coefficient (Wildman–Crippen LogP) is -0.652. The smallest absolute Gasteiger partial charge is 0.478 e. The summed E-state index contributed by atoms with van der Waals surface area (Å²) in [5.41, 5.74) is -1.12. The number of carboxylic acids is 1. The standard InChI is InChI=1S/C14H14O4.Na/c1-4-14(3,5-2)18-13(17)11-9-7-6-8-10(11)12(15)16;/h1,6-9H,5H2,2-3H3,(H,15,16);/q;+1. The fourth-order valence-electron chi connectivity index (χ4n) is 1.31. The summed E-state index contributed by atoms with van der Waals surface area (Å²) < 4.78 is 5.17. The van der Waals surface area contributed by atoms with Gasteiger partial charge >= 0.3 is 41.5 Å². The van der Waals surface area contributed by atoms with Gasteiger partial charge in [0.15, 0.2) is 5.60 Å². The average molecular weight is 269 g/mol. The first kappa shape index (κ1) is 17.7. The Morgan fingerprint density at radius 3 is 2.32 bits per heavy atom. The van der Waals surface area contributed by atoms with Crippen molar-refractivity contribution in [3.8, 4) is 12.3 Å². The van der Waals surface area contributed by atoms with E-state index in [0.29, 0.717) is 6.42 Å². The molecule has 4 nitrogen and oxygen atoms in total. The monoisotopic (exact) mass is 269 g/mol. The number of ether oxygens (including phenoxy) is 1. The van der Waals surface area contributed by atoms with E-state index in [1.165, 1.54) is 12.1 Å². The van der Waals surface area contributed by atoms with E-state index in [4.69, 9.17) is 16.3 Å². The van der Waals surface area contributed by atoms with E-state index in [-0.39, 0.29) is 40.7 Å². The van der Waals surface area contributed by atoms with Gasteiger partial charge in [0.25, 0.3) is 0 Å².